The number of pyridine rings is 1. The number of hydrogen-bond donors (Lipinski definition) is 4. The number of phenolic OH excluding ortho intramolecular Hbond substituents is 1. The first-order chi connectivity index (χ1) is 13.6. The van der Waals surface area contributed by atoms with Crippen LogP contribution in [0.3, 0.4) is 0 Å². The highest BCUT2D eigenvalue weighted by molar-refractivity contribution is 5.87. The van der Waals surface area contributed by atoms with Gasteiger partial charge >= 0.3 is 0 Å². The Morgan fingerprint density at radius 1 is 1.25 bits per heavy atom. The number of benzene rings is 2. The molecule has 4 rings (SSSR count). The Bertz CT molecular complexity index is 1060. The number of phenols is 1. The minimum Gasteiger partial charge on any atom is -0.506 e. The molecular formula is C22H24N2O4. The van der Waals surface area contributed by atoms with Gasteiger partial charge in [0.2, 0.25) is 5.56 Å². The molecule has 0 saturated carbocycles. The van der Waals surface area contributed by atoms with E-state index in [2.05, 4.69) is 35.4 Å². The van der Waals surface area contributed by atoms with Crippen LogP contribution < -0.4 is 10.9 Å². The van der Waals surface area contributed by atoms with Gasteiger partial charge in [-0.05, 0) is 40.8 Å². The Hall–Kier alpha value is -2.67. The molecule has 1 unspecified atom stereocenters. The number of aromatic nitrogens is 1. The quantitative estimate of drug-likeness (QED) is 0.546. The van der Waals surface area contributed by atoms with E-state index >= 15 is 0 Å². The molecule has 2 heterocycles. The maximum Gasteiger partial charge on any atom is 0.248 e. The van der Waals surface area contributed by atoms with Crippen molar-refractivity contribution in [2.24, 2.45) is 0 Å². The molecule has 28 heavy (non-hydrogen) atoms. The van der Waals surface area contributed by atoms with Crippen LogP contribution in [-0.4, -0.2) is 28.3 Å². The summed E-state index contributed by atoms with van der Waals surface area (Å²) >= 11 is 0. The molecular weight excluding hydrogens is 356 g/mol. The van der Waals surface area contributed by atoms with Crippen molar-refractivity contribution in [1.82, 2.24) is 10.3 Å². The molecule has 2 aromatic carbocycles. The molecule has 3 aromatic rings. The molecule has 1 aromatic heterocycles. The average Bonchev–Trinajstić information content (AvgIpc) is 2.72. The number of aromatic hydroxyl groups is 1. The van der Waals surface area contributed by atoms with Crippen molar-refractivity contribution in [3.63, 3.8) is 0 Å². The SMILES string of the molecule is CCc1cccc2c1COCC2NC[C@H](O)c1ccc(O)c2[nH]c(=O)ccc12. The van der Waals surface area contributed by atoms with Crippen LogP contribution in [0.15, 0.2) is 47.3 Å². The maximum absolute atomic E-state index is 11.6. The molecule has 0 fully saturated rings. The van der Waals surface area contributed by atoms with Crippen molar-refractivity contribution in [2.45, 2.75) is 32.1 Å². The number of fused-ring (bicyclic) bond motifs is 2. The normalized spacial score (nSPS) is 17.4. The van der Waals surface area contributed by atoms with Crippen LogP contribution in [0, 0.1) is 0 Å². The zero-order valence-electron chi connectivity index (χ0n) is 15.7. The highest BCUT2D eigenvalue weighted by Crippen LogP contribution is 2.30. The summed E-state index contributed by atoms with van der Waals surface area (Å²) in [6.45, 7) is 3.63. The highest BCUT2D eigenvalue weighted by atomic mass is 16.5. The van der Waals surface area contributed by atoms with E-state index in [0.717, 1.165) is 6.42 Å². The number of aryl methyl sites for hydroxylation is 1. The molecule has 0 radical (unpaired) electrons. The number of nitrogens with one attached hydrogen (secondary N) is 2. The molecule has 4 N–H and O–H groups in total. The first-order valence-electron chi connectivity index (χ1n) is 9.53. The topological polar surface area (TPSA) is 94.6 Å². The third kappa shape index (κ3) is 3.42. The van der Waals surface area contributed by atoms with Gasteiger partial charge in [0.15, 0.2) is 0 Å². The standard InChI is InChI=1S/C22H24N2O4/c1-2-13-4-3-5-14-17(13)11-28-12-18(14)23-10-20(26)15-6-8-19(25)22-16(15)7-9-21(27)24-22/h3-9,18,20,23,25-26H,2,10-12H2,1H3,(H,24,27)/t18?,20-/m0/s1. The van der Waals surface area contributed by atoms with E-state index in [4.69, 9.17) is 4.74 Å². The second-order valence-electron chi connectivity index (χ2n) is 7.12. The van der Waals surface area contributed by atoms with Crippen LogP contribution in [0.4, 0.5) is 0 Å². The summed E-state index contributed by atoms with van der Waals surface area (Å²) in [5, 5.41) is 24.8. The van der Waals surface area contributed by atoms with Crippen molar-refractivity contribution in [2.75, 3.05) is 13.2 Å². The zero-order chi connectivity index (χ0) is 19.7. The van der Waals surface area contributed by atoms with E-state index in [1.807, 2.05) is 0 Å². The van der Waals surface area contributed by atoms with E-state index in [9.17, 15) is 15.0 Å². The third-order valence-electron chi connectivity index (χ3n) is 5.42. The molecule has 1 aliphatic rings. The summed E-state index contributed by atoms with van der Waals surface area (Å²) in [5.74, 6) is -0.0155. The Balaban J connectivity index is 1.57. The lowest BCUT2D eigenvalue weighted by molar-refractivity contribution is 0.0750. The Labute approximate surface area is 162 Å². The van der Waals surface area contributed by atoms with Crippen molar-refractivity contribution >= 4 is 10.9 Å². The number of aliphatic hydroxyl groups excluding tert-OH is 1. The van der Waals surface area contributed by atoms with Gasteiger partial charge in [-0.2, -0.15) is 0 Å². The summed E-state index contributed by atoms with van der Waals surface area (Å²) in [7, 11) is 0. The molecule has 0 amide bonds. The molecule has 6 heteroatoms. The first-order valence-corrected chi connectivity index (χ1v) is 9.53. The van der Waals surface area contributed by atoms with Crippen molar-refractivity contribution in [3.8, 4) is 5.75 Å². The number of rotatable bonds is 5. The van der Waals surface area contributed by atoms with Gasteiger partial charge in [-0.15, -0.1) is 0 Å². The van der Waals surface area contributed by atoms with Gasteiger partial charge in [0, 0.05) is 18.0 Å². The number of aliphatic hydroxyl groups is 1. The van der Waals surface area contributed by atoms with Gasteiger partial charge in [0.1, 0.15) is 5.75 Å². The van der Waals surface area contributed by atoms with E-state index in [0.29, 0.717) is 36.2 Å². The van der Waals surface area contributed by atoms with Gasteiger partial charge in [-0.1, -0.05) is 31.2 Å². The highest BCUT2D eigenvalue weighted by Gasteiger charge is 2.23. The summed E-state index contributed by atoms with van der Waals surface area (Å²) in [4.78, 5) is 14.2. The number of ether oxygens (including phenoxy) is 1. The molecule has 0 aliphatic carbocycles. The van der Waals surface area contributed by atoms with Gasteiger partial charge in [0.25, 0.3) is 0 Å². The van der Waals surface area contributed by atoms with E-state index in [-0.39, 0.29) is 17.4 Å². The lowest BCUT2D eigenvalue weighted by Crippen LogP contribution is -2.33. The van der Waals surface area contributed by atoms with Gasteiger partial charge in [-0.3, -0.25) is 4.79 Å². The predicted octanol–water partition coefficient (Wildman–Crippen LogP) is 2.69. The van der Waals surface area contributed by atoms with Crippen molar-refractivity contribution in [1.29, 1.82) is 0 Å². The number of aromatic amines is 1. The Morgan fingerprint density at radius 3 is 2.93 bits per heavy atom. The van der Waals surface area contributed by atoms with Crippen LogP contribution in [0.1, 0.15) is 41.3 Å². The largest absolute Gasteiger partial charge is 0.506 e. The first kappa shape index (κ1) is 18.7. The minimum absolute atomic E-state index is 0.00749. The summed E-state index contributed by atoms with van der Waals surface area (Å²) < 4.78 is 5.77. The van der Waals surface area contributed by atoms with E-state index < -0.39 is 6.10 Å². The minimum atomic E-state index is -0.797. The molecule has 0 bridgehead atoms. The van der Waals surface area contributed by atoms with E-state index in [1.54, 1.807) is 12.1 Å². The van der Waals surface area contributed by atoms with E-state index in [1.165, 1.54) is 28.8 Å². The summed E-state index contributed by atoms with van der Waals surface area (Å²) in [5.41, 5.74) is 4.43. The summed E-state index contributed by atoms with van der Waals surface area (Å²) in [6, 6.07) is 12.5. The van der Waals surface area contributed by atoms with Crippen LogP contribution >= 0.6 is 0 Å². The average molecular weight is 380 g/mol. The summed E-state index contributed by atoms with van der Waals surface area (Å²) in [6.07, 6.45) is 0.160. The Morgan fingerprint density at radius 2 is 2.11 bits per heavy atom. The van der Waals surface area contributed by atoms with Crippen molar-refractivity contribution < 1.29 is 14.9 Å². The van der Waals surface area contributed by atoms with Crippen molar-refractivity contribution in [3.05, 3.63) is 75.1 Å². The second kappa shape index (κ2) is 7.75. The molecule has 0 saturated heterocycles. The maximum atomic E-state index is 11.6. The molecule has 146 valence electrons. The Kier molecular flexibility index (Phi) is 5.17. The molecule has 6 nitrogen and oxygen atoms in total. The van der Waals surface area contributed by atoms with Gasteiger partial charge < -0.3 is 25.3 Å². The monoisotopic (exact) mass is 380 g/mol. The van der Waals surface area contributed by atoms with Crippen LogP contribution in [-0.2, 0) is 17.8 Å². The fourth-order valence-electron chi connectivity index (χ4n) is 3.94. The van der Waals surface area contributed by atoms with Crippen LogP contribution in [0.2, 0.25) is 0 Å². The smallest absolute Gasteiger partial charge is 0.248 e. The molecule has 2 atom stereocenters. The molecule has 1 aliphatic heterocycles. The zero-order valence-corrected chi connectivity index (χ0v) is 15.7. The van der Waals surface area contributed by atoms with Crippen LogP contribution in [0.25, 0.3) is 10.9 Å². The lowest BCUT2D eigenvalue weighted by Gasteiger charge is -2.29. The fourth-order valence-corrected chi connectivity index (χ4v) is 3.94. The fraction of sp³-hybridized carbons (Fsp3) is 0.318. The second-order valence-corrected chi connectivity index (χ2v) is 7.12. The number of hydrogen-bond acceptors (Lipinski definition) is 5. The van der Waals surface area contributed by atoms with Gasteiger partial charge in [0.05, 0.1) is 30.9 Å². The molecule has 0 spiro atoms. The third-order valence-corrected chi connectivity index (χ3v) is 5.42. The number of H-pyrrole nitrogens is 1. The lowest BCUT2D eigenvalue weighted by atomic mass is 9.93. The van der Waals surface area contributed by atoms with Crippen LogP contribution in [0.5, 0.6) is 5.75 Å². The predicted molar refractivity (Wildman–Crippen MR) is 107 cm³/mol. The van der Waals surface area contributed by atoms with Gasteiger partial charge in [-0.25, -0.2) is 0 Å².